The molecule has 2 aliphatic heterocycles. The summed E-state index contributed by atoms with van der Waals surface area (Å²) in [6, 6.07) is 10.8. The molecule has 2 heterocycles. The number of aliphatic hydroxyl groups is 1. The maximum atomic E-state index is 14.0. The normalized spacial score (nSPS) is 20.9. The van der Waals surface area contributed by atoms with Crippen LogP contribution in [0.4, 0.5) is 0 Å². The molecule has 1 fully saturated rings. The van der Waals surface area contributed by atoms with Gasteiger partial charge < -0.3 is 74.7 Å². The number of fused-ring (bicyclic) bond motifs is 4. The molecule has 0 radical (unpaired) electrons. The molecule has 1 saturated heterocycles. The molecular formula is C36H28O19. The highest BCUT2D eigenvalue weighted by Crippen LogP contribution is 2.53. The van der Waals surface area contributed by atoms with Gasteiger partial charge in [-0.05, 0) is 35.9 Å². The van der Waals surface area contributed by atoms with Gasteiger partial charge in [-0.15, -0.1) is 0 Å². The van der Waals surface area contributed by atoms with E-state index in [1.165, 1.54) is 6.08 Å². The van der Waals surface area contributed by atoms with Gasteiger partial charge in [0, 0.05) is 17.2 Å². The van der Waals surface area contributed by atoms with Crippen molar-refractivity contribution >= 4 is 30.0 Å². The van der Waals surface area contributed by atoms with Gasteiger partial charge >= 0.3 is 23.9 Å². The van der Waals surface area contributed by atoms with Gasteiger partial charge in [0.05, 0.1) is 16.7 Å². The third-order valence-corrected chi connectivity index (χ3v) is 8.43. The second kappa shape index (κ2) is 14.6. The smallest absolute Gasteiger partial charge is 0.339 e. The number of aliphatic hydroxyl groups excluding tert-OH is 1. The van der Waals surface area contributed by atoms with E-state index in [2.05, 4.69) is 0 Å². The zero-order chi connectivity index (χ0) is 39.9. The summed E-state index contributed by atoms with van der Waals surface area (Å²) < 4.78 is 27.3. The molecule has 0 amide bonds. The zero-order valence-corrected chi connectivity index (χ0v) is 27.6. The lowest BCUT2D eigenvalue weighted by molar-refractivity contribution is -0.289. The van der Waals surface area contributed by atoms with Gasteiger partial charge in [0.15, 0.2) is 58.6 Å². The largest absolute Gasteiger partial charge is 0.504 e. The molecule has 0 bridgehead atoms. The fraction of sp³-hybridized carbons (Fsp3) is 0.167. The van der Waals surface area contributed by atoms with Gasteiger partial charge in [0.25, 0.3) is 0 Å². The lowest BCUT2D eigenvalue weighted by atomic mass is 9.92. The van der Waals surface area contributed by atoms with Gasteiger partial charge in [-0.3, -0.25) is 0 Å². The van der Waals surface area contributed by atoms with Gasteiger partial charge in [-0.2, -0.15) is 0 Å². The van der Waals surface area contributed by atoms with E-state index in [-0.39, 0.29) is 0 Å². The second-order valence-electron chi connectivity index (χ2n) is 11.9. The van der Waals surface area contributed by atoms with Crippen LogP contribution in [0.5, 0.6) is 51.7 Å². The number of carbonyl (C=O) groups excluding carboxylic acids is 4. The first-order chi connectivity index (χ1) is 26.1. The number of aromatic hydroxyl groups is 9. The Morgan fingerprint density at radius 3 is 1.82 bits per heavy atom. The number of esters is 4. The van der Waals surface area contributed by atoms with Crippen molar-refractivity contribution in [3.05, 3.63) is 82.9 Å². The SMILES string of the molecule is O=C(/C=C/c1ccccc1)O[C@H]1O[C@@H]2COC(=O)c3cc(O)c(O)c(O)c3-c3c(cc(O)c(O)c3O)C(=O)O[C@H]2[C@H](OC(=O)c2cc(O)c(O)c(O)c2)[C@H]1O. The minimum atomic E-state index is -2.25. The average molecular weight is 765 g/mol. The Balaban J connectivity index is 1.46. The maximum absolute atomic E-state index is 14.0. The number of phenolic OH excluding ortho intramolecular Hbond substituents is 9. The quantitative estimate of drug-likeness (QED) is 0.0601. The number of benzene rings is 4. The molecule has 0 saturated carbocycles. The van der Waals surface area contributed by atoms with Crippen molar-refractivity contribution in [3.63, 3.8) is 0 Å². The number of phenols is 9. The monoisotopic (exact) mass is 764 g/mol. The van der Waals surface area contributed by atoms with E-state index in [1.807, 2.05) is 0 Å². The minimum absolute atomic E-state index is 0.519. The molecular weight excluding hydrogens is 736 g/mol. The summed E-state index contributed by atoms with van der Waals surface area (Å²) in [5.41, 5.74) is -3.68. The van der Waals surface area contributed by atoms with E-state index in [9.17, 15) is 70.2 Å². The molecule has 0 aliphatic carbocycles. The highest BCUT2D eigenvalue weighted by Gasteiger charge is 2.52. The van der Waals surface area contributed by atoms with Crippen molar-refractivity contribution in [2.24, 2.45) is 0 Å². The summed E-state index contributed by atoms with van der Waals surface area (Å²) in [6.07, 6.45) is -8.09. The van der Waals surface area contributed by atoms with Crippen molar-refractivity contribution in [1.29, 1.82) is 0 Å². The Kier molecular flexibility index (Phi) is 9.90. The van der Waals surface area contributed by atoms with Crippen molar-refractivity contribution in [2.45, 2.75) is 30.7 Å². The molecule has 5 atom stereocenters. The zero-order valence-electron chi connectivity index (χ0n) is 27.6. The van der Waals surface area contributed by atoms with Crippen molar-refractivity contribution in [1.82, 2.24) is 0 Å². The summed E-state index contributed by atoms with van der Waals surface area (Å²) in [7, 11) is 0. The Labute approximate surface area is 306 Å². The Morgan fingerprint density at radius 2 is 1.24 bits per heavy atom. The molecule has 2 aliphatic rings. The molecule has 0 spiro atoms. The average Bonchev–Trinajstić information content (AvgIpc) is 3.17. The maximum Gasteiger partial charge on any atom is 0.339 e. The molecule has 4 aromatic carbocycles. The van der Waals surface area contributed by atoms with Crippen LogP contribution >= 0.6 is 0 Å². The Morgan fingerprint density at radius 1 is 0.691 bits per heavy atom. The van der Waals surface area contributed by atoms with Crippen molar-refractivity contribution < 1.29 is 93.9 Å². The van der Waals surface area contributed by atoms with Crippen LogP contribution in [0.2, 0.25) is 0 Å². The van der Waals surface area contributed by atoms with Gasteiger partial charge in [-0.1, -0.05) is 30.3 Å². The summed E-state index contributed by atoms with van der Waals surface area (Å²) in [5, 5.41) is 104. The van der Waals surface area contributed by atoms with E-state index in [0.717, 1.165) is 6.08 Å². The van der Waals surface area contributed by atoms with Crippen LogP contribution in [0.15, 0.2) is 60.7 Å². The van der Waals surface area contributed by atoms with Gasteiger partial charge in [0.2, 0.25) is 17.8 Å². The summed E-state index contributed by atoms with van der Waals surface area (Å²) in [4.78, 5) is 53.8. The predicted molar refractivity (Wildman–Crippen MR) is 178 cm³/mol. The Hall–Kier alpha value is -7.38. The van der Waals surface area contributed by atoms with Crippen molar-refractivity contribution in [2.75, 3.05) is 6.61 Å². The fourth-order valence-corrected chi connectivity index (χ4v) is 5.74. The van der Waals surface area contributed by atoms with Crippen LogP contribution < -0.4 is 0 Å². The van der Waals surface area contributed by atoms with E-state index in [1.54, 1.807) is 30.3 Å². The van der Waals surface area contributed by atoms with E-state index >= 15 is 0 Å². The summed E-state index contributed by atoms with van der Waals surface area (Å²) >= 11 is 0. The highest BCUT2D eigenvalue weighted by molar-refractivity contribution is 6.08. The number of rotatable bonds is 5. The van der Waals surface area contributed by atoms with Gasteiger partial charge in [0.1, 0.15) is 12.7 Å². The van der Waals surface area contributed by atoms with Crippen LogP contribution in [-0.2, 0) is 28.5 Å². The number of cyclic esters (lactones) is 1. The fourth-order valence-electron chi connectivity index (χ4n) is 5.74. The lowest BCUT2D eigenvalue weighted by Crippen LogP contribution is -2.62. The predicted octanol–water partition coefficient (Wildman–Crippen LogP) is 1.97. The molecule has 19 nitrogen and oxygen atoms in total. The van der Waals surface area contributed by atoms with Crippen LogP contribution in [0, 0.1) is 0 Å². The molecule has 0 aromatic heterocycles. The van der Waals surface area contributed by atoms with Crippen LogP contribution in [0.25, 0.3) is 17.2 Å². The summed E-state index contributed by atoms with van der Waals surface area (Å²) in [5.74, 6) is -16.0. The number of hydrogen-bond acceptors (Lipinski definition) is 19. The molecule has 4 aromatic rings. The van der Waals surface area contributed by atoms with Crippen LogP contribution in [-0.4, -0.2) is 112 Å². The molecule has 10 N–H and O–H groups in total. The second-order valence-corrected chi connectivity index (χ2v) is 11.9. The van der Waals surface area contributed by atoms with E-state index in [4.69, 9.17) is 23.7 Å². The molecule has 19 heteroatoms. The van der Waals surface area contributed by atoms with E-state index < -0.39 is 141 Å². The van der Waals surface area contributed by atoms with E-state index in [0.29, 0.717) is 29.8 Å². The van der Waals surface area contributed by atoms with Crippen molar-refractivity contribution in [3.8, 4) is 62.9 Å². The van der Waals surface area contributed by atoms with Crippen LogP contribution in [0.1, 0.15) is 36.6 Å². The molecule has 55 heavy (non-hydrogen) atoms. The Bertz CT molecular complexity index is 2220. The standard InChI is InChI=1S/C36H28O19/c37-17-8-14(9-18(38)25(17)42)33(48)55-32-30(47)36(53-22(41)7-6-13-4-2-1-3-5-13)52-21-12-51-34(49)15-10-19(39)26(43)28(45)23(15)24-16(35(50)54-31(21)32)11-20(40)27(44)29(24)46/h1-11,21,30-32,36-40,42-47H,12H2/b7-6+/t21-,30-,31-,32-,36-/m1/s1. The molecule has 286 valence electrons. The number of ether oxygens (including phenoxy) is 5. The number of hydrogen-bond donors (Lipinski definition) is 10. The van der Waals surface area contributed by atoms with Crippen LogP contribution in [0.3, 0.4) is 0 Å². The molecule has 0 unspecified atom stereocenters. The first kappa shape index (κ1) is 37.4. The summed E-state index contributed by atoms with van der Waals surface area (Å²) in [6.45, 7) is -1.01. The molecule has 6 rings (SSSR count). The first-order valence-electron chi connectivity index (χ1n) is 15.7. The first-order valence-corrected chi connectivity index (χ1v) is 15.7. The third kappa shape index (κ3) is 7.06. The number of carbonyl (C=O) groups is 4. The minimum Gasteiger partial charge on any atom is -0.504 e. The third-order valence-electron chi connectivity index (χ3n) is 8.43. The lowest BCUT2D eigenvalue weighted by Gasteiger charge is -2.42. The topological polar surface area (TPSA) is 317 Å². The highest BCUT2D eigenvalue weighted by atomic mass is 16.7. The van der Waals surface area contributed by atoms with Gasteiger partial charge in [-0.25, -0.2) is 19.2 Å².